The van der Waals surface area contributed by atoms with Crippen molar-refractivity contribution in [1.29, 1.82) is 0 Å². The number of carbonyl (C=O) groups is 1. The molecule has 0 unspecified atom stereocenters. The van der Waals surface area contributed by atoms with E-state index in [0.717, 1.165) is 24.2 Å². The first-order chi connectivity index (χ1) is 10.2. The van der Waals surface area contributed by atoms with Gasteiger partial charge in [0.25, 0.3) is 0 Å². The molecule has 3 aliphatic rings. The molecule has 2 nitrogen and oxygen atoms in total. The standard InChI is InChI=1S/C19H25NO/c1-12(16-10-13-7-8-15(16)9-13)20-19(21)18-11-17(18)14-5-3-2-4-6-14/h2-6,12-13,15-18H,7-11H2,1H3,(H,20,21)/t12-,13-,15-,16-,17+,18+/m0/s1. The van der Waals surface area contributed by atoms with E-state index in [1.54, 1.807) is 0 Å². The van der Waals surface area contributed by atoms with E-state index in [4.69, 9.17) is 0 Å². The van der Waals surface area contributed by atoms with Gasteiger partial charge in [-0.3, -0.25) is 4.79 Å². The first kappa shape index (κ1) is 13.4. The Bertz CT molecular complexity index is 526. The number of nitrogens with one attached hydrogen (secondary N) is 1. The van der Waals surface area contributed by atoms with Gasteiger partial charge in [-0.05, 0) is 61.8 Å². The van der Waals surface area contributed by atoms with Crippen LogP contribution in [0, 0.1) is 23.7 Å². The van der Waals surface area contributed by atoms with E-state index in [0.29, 0.717) is 17.9 Å². The summed E-state index contributed by atoms with van der Waals surface area (Å²) in [6.45, 7) is 2.23. The maximum atomic E-state index is 12.5. The summed E-state index contributed by atoms with van der Waals surface area (Å²) >= 11 is 0. The van der Waals surface area contributed by atoms with Crippen molar-refractivity contribution in [3.05, 3.63) is 35.9 Å². The summed E-state index contributed by atoms with van der Waals surface area (Å²) in [7, 11) is 0. The SMILES string of the molecule is C[C@H](NC(=O)[C@@H]1C[C@@H]1c1ccccc1)[C@@H]1C[C@H]2CC[C@H]1C2. The molecular weight excluding hydrogens is 258 g/mol. The number of amides is 1. The lowest BCUT2D eigenvalue weighted by Gasteiger charge is -2.28. The molecule has 1 amide bonds. The molecule has 0 aromatic heterocycles. The highest BCUT2D eigenvalue weighted by Gasteiger charge is 2.46. The Balaban J connectivity index is 1.33. The number of hydrogen-bond donors (Lipinski definition) is 1. The first-order valence-corrected chi connectivity index (χ1v) is 8.57. The molecule has 3 saturated carbocycles. The van der Waals surface area contributed by atoms with Crippen LogP contribution in [0.15, 0.2) is 30.3 Å². The quantitative estimate of drug-likeness (QED) is 0.896. The Morgan fingerprint density at radius 3 is 2.62 bits per heavy atom. The molecule has 3 aliphatic carbocycles. The lowest BCUT2D eigenvalue weighted by molar-refractivity contribution is -0.123. The van der Waals surface area contributed by atoms with Crippen molar-refractivity contribution >= 4 is 5.91 Å². The molecule has 0 radical (unpaired) electrons. The van der Waals surface area contributed by atoms with Gasteiger partial charge in [-0.2, -0.15) is 0 Å². The summed E-state index contributed by atoms with van der Waals surface area (Å²) in [6, 6.07) is 10.8. The predicted molar refractivity (Wildman–Crippen MR) is 83.8 cm³/mol. The smallest absolute Gasteiger partial charge is 0.223 e. The molecule has 1 aromatic rings. The fraction of sp³-hybridized carbons (Fsp3) is 0.632. The second-order valence-corrected chi connectivity index (χ2v) is 7.50. The van der Waals surface area contributed by atoms with E-state index >= 15 is 0 Å². The summed E-state index contributed by atoms with van der Waals surface area (Å²) in [5.41, 5.74) is 1.32. The van der Waals surface area contributed by atoms with Gasteiger partial charge in [0.1, 0.15) is 0 Å². The predicted octanol–water partition coefficient (Wildman–Crippen LogP) is 3.73. The van der Waals surface area contributed by atoms with E-state index < -0.39 is 0 Å². The van der Waals surface area contributed by atoms with Gasteiger partial charge in [-0.1, -0.05) is 36.8 Å². The average molecular weight is 283 g/mol. The first-order valence-electron chi connectivity index (χ1n) is 8.57. The molecule has 2 heteroatoms. The van der Waals surface area contributed by atoms with E-state index in [2.05, 4.69) is 36.5 Å². The molecule has 21 heavy (non-hydrogen) atoms. The van der Waals surface area contributed by atoms with Crippen LogP contribution >= 0.6 is 0 Å². The normalized spacial score (nSPS) is 38.2. The van der Waals surface area contributed by atoms with Gasteiger partial charge in [0.2, 0.25) is 5.91 Å². The Morgan fingerprint density at radius 1 is 1.14 bits per heavy atom. The van der Waals surface area contributed by atoms with Crippen molar-refractivity contribution < 1.29 is 4.79 Å². The van der Waals surface area contributed by atoms with Crippen LogP contribution in [0.25, 0.3) is 0 Å². The van der Waals surface area contributed by atoms with Crippen molar-refractivity contribution in [2.45, 2.75) is 51.0 Å². The van der Waals surface area contributed by atoms with Crippen LogP contribution in [0.4, 0.5) is 0 Å². The zero-order chi connectivity index (χ0) is 14.4. The maximum Gasteiger partial charge on any atom is 0.223 e. The van der Waals surface area contributed by atoms with Crippen LogP contribution in [-0.2, 0) is 4.79 Å². The van der Waals surface area contributed by atoms with E-state index in [1.807, 2.05) is 6.07 Å². The Labute approximate surface area is 127 Å². The minimum absolute atomic E-state index is 0.216. The number of benzene rings is 1. The van der Waals surface area contributed by atoms with Gasteiger partial charge < -0.3 is 5.32 Å². The molecule has 0 heterocycles. The second kappa shape index (κ2) is 5.15. The van der Waals surface area contributed by atoms with E-state index in [1.165, 1.54) is 31.2 Å². The van der Waals surface area contributed by atoms with Gasteiger partial charge in [0.05, 0.1) is 0 Å². The third-order valence-corrected chi connectivity index (χ3v) is 6.16. The van der Waals surface area contributed by atoms with Crippen LogP contribution < -0.4 is 5.32 Å². The Hall–Kier alpha value is -1.31. The zero-order valence-electron chi connectivity index (χ0n) is 12.8. The van der Waals surface area contributed by atoms with Crippen LogP contribution in [0.5, 0.6) is 0 Å². The summed E-state index contributed by atoms with van der Waals surface area (Å²) in [4.78, 5) is 12.5. The minimum atomic E-state index is 0.216. The van der Waals surface area contributed by atoms with Crippen molar-refractivity contribution in [2.75, 3.05) is 0 Å². The molecule has 0 aliphatic heterocycles. The van der Waals surface area contributed by atoms with Crippen LogP contribution in [0.3, 0.4) is 0 Å². The fourth-order valence-corrected chi connectivity index (χ4v) is 4.90. The lowest BCUT2D eigenvalue weighted by Crippen LogP contribution is -2.41. The highest BCUT2D eigenvalue weighted by molar-refractivity contribution is 5.83. The number of hydrogen-bond acceptors (Lipinski definition) is 1. The van der Waals surface area contributed by atoms with Gasteiger partial charge in [0, 0.05) is 12.0 Å². The summed E-state index contributed by atoms with van der Waals surface area (Å²) in [6.07, 6.45) is 6.62. The van der Waals surface area contributed by atoms with Gasteiger partial charge >= 0.3 is 0 Å². The lowest BCUT2D eigenvalue weighted by atomic mass is 9.84. The second-order valence-electron chi connectivity index (χ2n) is 7.50. The summed E-state index contributed by atoms with van der Waals surface area (Å²) < 4.78 is 0. The molecule has 0 saturated heterocycles. The molecule has 1 N–H and O–H groups in total. The molecule has 4 rings (SSSR count). The van der Waals surface area contributed by atoms with Crippen LogP contribution in [0.1, 0.15) is 50.5 Å². The average Bonchev–Trinajstić information content (AvgIpc) is 3.03. The van der Waals surface area contributed by atoms with E-state index in [-0.39, 0.29) is 5.92 Å². The highest BCUT2D eigenvalue weighted by Crippen LogP contribution is 2.50. The molecule has 1 aromatic carbocycles. The maximum absolute atomic E-state index is 12.5. The molecule has 0 spiro atoms. The molecule has 2 bridgehead atoms. The number of fused-ring (bicyclic) bond motifs is 2. The Morgan fingerprint density at radius 2 is 1.95 bits per heavy atom. The van der Waals surface area contributed by atoms with Crippen molar-refractivity contribution in [2.24, 2.45) is 23.7 Å². The monoisotopic (exact) mass is 283 g/mol. The molecule has 112 valence electrons. The zero-order valence-corrected chi connectivity index (χ0v) is 12.8. The van der Waals surface area contributed by atoms with Gasteiger partial charge in [-0.15, -0.1) is 0 Å². The number of rotatable bonds is 4. The third-order valence-electron chi connectivity index (χ3n) is 6.16. The highest BCUT2D eigenvalue weighted by atomic mass is 16.2. The van der Waals surface area contributed by atoms with Crippen molar-refractivity contribution in [1.82, 2.24) is 5.32 Å². The van der Waals surface area contributed by atoms with Gasteiger partial charge in [0.15, 0.2) is 0 Å². The van der Waals surface area contributed by atoms with Crippen molar-refractivity contribution in [3.63, 3.8) is 0 Å². The van der Waals surface area contributed by atoms with Gasteiger partial charge in [-0.25, -0.2) is 0 Å². The summed E-state index contributed by atoms with van der Waals surface area (Å²) in [5, 5.41) is 3.33. The molecular formula is C19H25NO. The van der Waals surface area contributed by atoms with E-state index in [9.17, 15) is 4.79 Å². The van der Waals surface area contributed by atoms with Crippen LogP contribution in [0.2, 0.25) is 0 Å². The fourth-order valence-electron chi connectivity index (χ4n) is 4.90. The molecule has 6 atom stereocenters. The van der Waals surface area contributed by atoms with Crippen molar-refractivity contribution in [3.8, 4) is 0 Å². The van der Waals surface area contributed by atoms with Crippen LogP contribution in [-0.4, -0.2) is 11.9 Å². The number of carbonyl (C=O) groups excluding carboxylic acids is 1. The Kier molecular flexibility index (Phi) is 3.28. The topological polar surface area (TPSA) is 29.1 Å². The third kappa shape index (κ3) is 2.49. The largest absolute Gasteiger partial charge is 0.353 e. The summed E-state index contributed by atoms with van der Waals surface area (Å²) in [5.74, 6) is 3.54. The minimum Gasteiger partial charge on any atom is -0.353 e. The molecule has 3 fully saturated rings.